The smallest absolute Gasteiger partial charge is 0.355 e. The molecule has 1 heterocycles. The van der Waals surface area contributed by atoms with Crippen LogP contribution in [0.1, 0.15) is 55.4 Å². The van der Waals surface area contributed by atoms with Crippen LogP contribution in [0.25, 0.3) is 0 Å². The maximum Gasteiger partial charge on any atom is 0.355 e. The van der Waals surface area contributed by atoms with Crippen LogP contribution in [0.15, 0.2) is 0 Å². The van der Waals surface area contributed by atoms with Gasteiger partial charge in [0.1, 0.15) is 0 Å². The zero-order valence-corrected chi connectivity index (χ0v) is 13.6. The zero-order valence-electron chi connectivity index (χ0n) is 12.8. The van der Waals surface area contributed by atoms with E-state index in [-0.39, 0.29) is 11.6 Å². The Bertz CT molecular complexity index is 482. The second-order valence-corrected chi connectivity index (χ2v) is 5.86. The van der Waals surface area contributed by atoms with Gasteiger partial charge in [0.15, 0.2) is 10.8 Å². The average molecular weight is 313 g/mol. The molecule has 0 atom stereocenters. The van der Waals surface area contributed by atoms with E-state index in [1.165, 1.54) is 11.3 Å². The molecule has 0 aliphatic heterocycles. The van der Waals surface area contributed by atoms with Gasteiger partial charge >= 0.3 is 5.97 Å². The highest BCUT2D eigenvalue weighted by Gasteiger charge is 2.20. The first-order valence-electron chi connectivity index (χ1n) is 7.26. The Balaban J connectivity index is 2.92. The fourth-order valence-corrected chi connectivity index (χ4v) is 3.00. The van der Waals surface area contributed by atoms with Gasteiger partial charge in [0, 0.05) is 13.0 Å². The lowest BCUT2D eigenvalue weighted by Crippen LogP contribution is -2.25. The molecule has 0 saturated heterocycles. The minimum Gasteiger partial charge on any atom is -0.476 e. The van der Waals surface area contributed by atoms with Crippen LogP contribution in [-0.2, 0) is 11.3 Å². The van der Waals surface area contributed by atoms with Gasteiger partial charge in [0.2, 0.25) is 5.91 Å². The average Bonchev–Trinajstić information content (AvgIpc) is 2.82. The molecule has 0 radical (unpaired) electrons. The van der Waals surface area contributed by atoms with Crippen molar-refractivity contribution < 1.29 is 14.7 Å². The number of rotatable bonds is 9. The third-order valence-corrected chi connectivity index (χ3v) is 3.87. The minimum absolute atomic E-state index is 0.0450. The van der Waals surface area contributed by atoms with E-state index in [1.54, 1.807) is 6.92 Å². The fraction of sp³-hybridized carbons (Fsp3) is 0.643. The number of carboxylic acids is 1. The topological polar surface area (TPSA) is 82.5 Å². The molecule has 0 fully saturated rings. The predicted octanol–water partition coefficient (Wildman–Crippen LogP) is 2.81. The molecule has 7 heteroatoms. The first-order valence-corrected chi connectivity index (χ1v) is 8.08. The largest absolute Gasteiger partial charge is 0.476 e. The van der Waals surface area contributed by atoms with Crippen molar-refractivity contribution in [3.8, 4) is 0 Å². The summed E-state index contributed by atoms with van der Waals surface area (Å²) < 4.78 is 0. The minimum atomic E-state index is -1.05. The van der Waals surface area contributed by atoms with Gasteiger partial charge in [-0.15, -0.1) is 0 Å². The van der Waals surface area contributed by atoms with Gasteiger partial charge in [-0.2, -0.15) is 0 Å². The first-order chi connectivity index (χ1) is 10.0. The standard InChI is InChI=1S/C14H23N3O3S/c1-4-7-17(8-5-2)9-10-12(13(19)20)16-14(21-10)15-11(18)6-3/h4-9H2,1-3H3,(H,19,20)(H,15,16,18). The molecule has 0 aliphatic carbocycles. The molecule has 0 aromatic carbocycles. The fourth-order valence-electron chi connectivity index (χ4n) is 1.99. The number of hydrogen-bond acceptors (Lipinski definition) is 5. The number of thiazole rings is 1. The molecule has 0 unspecified atom stereocenters. The van der Waals surface area contributed by atoms with E-state index in [4.69, 9.17) is 0 Å². The Morgan fingerprint density at radius 3 is 2.33 bits per heavy atom. The van der Waals surface area contributed by atoms with Gasteiger partial charge in [-0.3, -0.25) is 9.69 Å². The molecule has 118 valence electrons. The van der Waals surface area contributed by atoms with Crippen molar-refractivity contribution in [3.63, 3.8) is 0 Å². The Kier molecular flexibility index (Phi) is 7.31. The quantitative estimate of drug-likeness (QED) is 0.732. The number of nitrogens with one attached hydrogen (secondary N) is 1. The van der Waals surface area contributed by atoms with Crippen LogP contribution in [0.2, 0.25) is 0 Å². The summed E-state index contributed by atoms with van der Waals surface area (Å²) in [4.78, 5) is 29.6. The zero-order chi connectivity index (χ0) is 15.8. The van der Waals surface area contributed by atoms with E-state index in [0.717, 1.165) is 25.9 Å². The van der Waals surface area contributed by atoms with E-state index < -0.39 is 5.97 Å². The van der Waals surface area contributed by atoms with Gasteiger partial charge in [0.05, 0.1) is 4.88 Å². The Morgan fingerprint density at radius 2 is 1.86 bits per heavy atom. The molecule has 0 aliphatic rings. The number of amides is 1. The first kappa shape index (κ1) is 17.6. The third-order valence-electron chi connectivity index (χ3n) is 2.91. The van der Waals surface area contributed by atoms with Crippen LogP contribution in [-0.4, -0.2) is 40.0 Å². The lowest BCUT2D eigenvalue weighted by molar-refractivity contribution is -0.115. The molecule has 0 bridgehead atoms. The number of carbonyl (C=O) groups is 2. The van der Waals surface area contributed by atoms with Crippen molar-refractivity contribution in [2.24, 2.45) is 0 Å². The second-order valence-electron chi connectivity index (χ2n) is 4.77. The number of carboxylic acid groups (broad SMARTS) is 1. The summed E-state index contributed by atoms with van der Waals surface area (Å²) in [5, 5.41) is 12.3. The summed E-state index contributed by atoms with van der Waals surface area (Å²) in [5.41, 5.74) is 0.0450. The van der Waals surface area contributed by atoms with Gasteiger partial charge in [-0.1, -0.05) is 32.1 Å². The number of aromatic carboxylic acids is 1. The number of nitrogens with zero attached hydrogens (tertiary/aromatic N) is 2. The summed E-state index contributed by atoms with van der Waals surface area (Å²) in [6.07, 6.45) is 2.37. The Labute approximate surface area is 129 Å². The highest BCUT2D eigenvalue weighted by atomic mass is 32.1. The van der Waals surface area contributed by atoms with E-state index in [2.05, 4.69) is 29.0 Å². The molecular formula is C14H23N3O3S. The molecular weight excluding hydrogens is 290 g/mol. The highest BCUT2D eigenvalue weighted by molar-refractivity contribution is 7.16. The van der Waals surface area contributed by atoms with Crippen molar-refractivity contribution in [1.29, 1.82) is 0 Å². The van der Waals surface area contributed by atoms with E-state index in [9.17, 15) is 14.7 Å². The lowest BCUT2D eigenvalue weighted by Gasteiger charge is -2.19. The molecule has 1 amide bonds. The van der Waals surface area contributed by atoms with Crippen LogP contribution in [0.4, 0.5) is 5.13 Å². The van der Waals surface area contributed by atoms with Crippen molar-refractivity contribution in [3.05, 3.63) is 10.6 Å². The molecule has 1 aromatic rings. The van der Waals surface area contributed by atoms with Crippen molar-refractivity contribution in [2.75, 3.05) is 18.4 Å². The number of anilines is 1. The Hall–Kier alpha value is -1.47. The number of aromatic nitrogens is 1. The van der Waals surface area contributed by atoms with Crippen LogP contribution in [0.5, 0.6) is 0 Å². The summed E-state index contributed by atoms with van der Waals surface area (Å²) in [7, 11) is 0. The molecule has 21 heavy (non-hydrogen) atoms. The lowest BCUT2D eigenvalue weighted by atomic mass is 10.3. The van der Waals surface area contributed by atoms with Crippen molar-refractivity contribution in [2.45, 2.75) is 46.6 Å². The summed E-state index contributed by atoms with van der Waals surface area (Å²) in [6, 6.07) is 0. The maximum atomic E-state index is 11.4. The van der Waals surface area contributed by atoms with Crippen molar-refractivity contribution in [1.82, 2.24) is 9.88 Å². The molecule has 0 spiro atoms. The van der Waals surface area contributed by atoms with Crippen molar-refractivity contribution >= 4 is 28.3 Å². The Morgan fingerprint density at radius 1 is 1.24 bits per heavy atom. The highest BCUT2D eigenvalue weighted by Crippen LogP contribution is 2.25. The normalized spacial score (nSPS) is 10.9. The van der Waals surface area contributed by atoms with Crippen LogP contribution >= 0.6 is 11.3 Å². The van der Waals surface area contributed by atoms with Gasteiger partial charge in [0.25, 0.3) is 0 Å². The molecule has 6 nitrogen and oxygen atoms in total. The van der Waals surface area contributed by atoms with Crippen LogP contribution < -0.4 is 5.32 Å². The monoisotopic (exact) mass is 313 g/mol. The van der Waals surface area contributed by atoms with Gasteiger partial charge < -0.3 is 10.4 Å². The van der Waals surface area contributed by atoms with E-state index in [0.29, 0.717) is 23.0 Å². The summed E-state index contributed by atoms with van der Waals surface area (Å²) >= 11 is 1.25. The maximum absolute atomic E-state index is 11.4. The SMILES string of the molecule is CCCN(CCC)Cc1sc(NC(=O)CC)nc1C(=O)O. The summed E-state index contributed by atoms with van der Waals surface area (Å²) in [5.74, 6) is -1.21. The van der Waals surface area contributed by atoms with Gasteiger partial charge in [-0.25, -0.2) is 9.78 Å². The molecule has 0 saturated carbocycles. The van der Waals surface area contributed by atoms with Crippen LogP contribution in [0.3, 0.4) is 0 Å². The van der Waals surface area contributed by atoms with E-state index >= 15 is 0 Å². The van der Waals surface area contributed by atoms with Gasteiger partial charge in [-0.05, 0) is 25.9 Å². The molecule has 1 rings (SSSR count). The number of carbonyl (C=O) groups excluding carboxylic acids is 1. The second kappa shape index (κ2) is 8.74. The van der Waals surface area contributed by atoms with E-state index in [1.807, 2.05) is 0 Å². The summed E-state index contributed by atoms with van der Waals surface area (Å²) in [6.45, 7) is 8.33. The third kappa shape index (κ3) is 5.43. The molecule has 1 aromatic heterocycles. The predicted molar refractivity (Wildman–Crippen MR) is 83.9 cm³/mol. The van der Waals surface area contributed by atoms with Crippen LogP contribution in [0, 0.1) is 0 Å². The molecule has 2 N–H and O–H groups in total. The number of hydrogen-bond donors (Lipinski definition) is 2.